The van der Waals surface area contributed by atoms with Crippen LogP contribution in [0.2, 0.25) is 0 Å². The molecular formula is C18H16F3N5O2. The second-order valence-corrected chi connectivity index (χ2v) is 6.00. The molecule has 1 aliphatic heterocycles. The number of amides is 1. The maximum atomic E-state index is 12.8. The Bertz CT molecular complexity index is 891. The van der Waals surface area contributed by atoms with E-state index in [1.54, 1.807) is 4.90 Å². The number of anilines is 1. The van der Waals surface area contributed by atoms with Crippen LogP contribution in [0.25, 0.3) is 0 Å². The summed E-state index contributed by atoms with van der Waals surface area (Å²) in [5, 5.41) is 0. The fraction of sp³-hybridized carbons (Fsp3) is 0.278. The number of hydrogen-bond acceptors (Lipinski definition) is 6. The van der Waals surface area contributed by atoms with Gasteiger partial charge < -0.3 is 9.80 Å². The fourth-order valence-corrected chi connectivity index (χ4v) is 2.82. The molecule has 0 aromatic carbocycles. The van der Waals surface area contributed by atoms with Crippen molar-refractivity contribution in [1.82, 2.24) is 19.9 Å². The monoisotopic (exact) mass is 391 g/mol. The minimum absolute atomic E-state index is 0.0183. The summed E-state index contributed by atoms with van der Waals surface area (Å²) in [4.78, 5) is 39.5. The molecule has 2 aromatic heterocycles. The van der Waals surface area contributed by atoms with Crippen molar-refractivity contribution in [2.45, 2.75) is 6.18 Å². The zero-order chi connectivity index (χ0) is 20.3. The van der Waals surface area contributed by atoms with Crippen LogP contribution in [0.3, 0.4) is 0 Å². The summed E-state index contributed by atoms with van der Waals surface area (Å²) in [7, 11) is 0. The van der Waals surface area contributed by atoms with Crippen molar-refractivity contribution in [2.24, 2.45) is 0 Å². The highest BCUT2D eigenvalue weighted by Gasteiger charge is 2.32. The van der Waals surface area contributed by atoms with Crippen molar-refractivity contribution >= 4 is 17.5 Å². The molecule has 1 fully saturated rings. The van der Waals surface area contributed by atoms with E-state index in [4.69, 9.17) is 0 Å². The van der Waals surface area contributed by atoms with Crippen molar-refractivity contribution in [3.63, 3.8) is 0 Å². The number of pyridine rings is 1. The number of rotatable bonds is 4. The van der Waals surface area contributed by atoms with Crippen molar-refractivity contribution in [3.05, 3.63) is 60.3 Å². The highest BCUT2D eigenvalue weighted by molar-refractivity contribution is 6.10. The molecule has 3 rings (SSSR count). The van der Waals surface area contributed by atoms with Gasteiger partial charge in [-0.2, -0.15) is 13.2 Å². The number of carbonyl (C=O) groups excluding carboxylic acids is 2. The van der Waals surface area contributed by atoms with Gasteiger partial charge in [0.05, 0.1) is 0 Å². The van der Waals surface area contributed by atoms with E-state index in [9.17, 15) is 22.8 Å². The maximum Gasteiger partial charge on any atom is 0.433 e. The van der Waals surface area contributed by atoms with Crippen LogP contribution in [-0.2, 0) is 11.0 Å². The SMILES string of the molecule is C=CC(=O)N1CCN(c2nccnc2C(=O)c2ccc(C(F)(F)F)nc2)CC1. The van der Waals surface area contributed by atoms with E-state index in [1.807, 2.05) is 4.90 Å². The third kappa shape index (κ3) is 4.00. The van der Waals surface area contributed by atoms with Gasteiger partial charge in [0.15, 0.2) is 11.5 Å². The quantitative estimate of drug-likeness (QED) is 0.586. The average molecular weight is 391 g/mol. The van der Waals surface area contributed by atoms with E-state index in [-0.39, 0.29) is 17.2 Å². The van der Waals surface area contributed by atoms with Crippen molar-refractivity contribution in [2.75, 3.05) is 31.1 Å². The Kier molecular flexibility index (Phi) is 5.39. The number of ketones is 1. The third-order valence-corrected chi connectivity index (χ3v) is 4.28. The number of aromatic nitrogens is 3. The molecule has 1 amide bonds. The molecular weight excluding hydrogens is 375 g/mol. The molecule has 0 bridgehead atoms. The van der Waals surface area contributed by atoms with Gasteiger partial charge >= 0.3 is 6.18 Å². The van der Waals surface area contributed by atoms with Gasteiger partial charge in [0.2, 0.25) is 11.7 Å². The first-order valence-corrected chi connectivity index (χ1v) is 8.36. The lowest BCUT2D eigenvalue weighted by atomic mass is 10.1. The van der Waals surface area contributed by atoms with Gasteiger partial charge in [-0.05, 0) is 18.2 Å². The molecule has 1 aliphatic rings. The van der Waals surface area contributed by atoms with E-state index in [2.05, 4.69) is 21.5 Å². The predicted molar refractivity (Wildman–Crippen MR) is 93.7 cm³/mol. The molecule has 0 aliphatic carbocycles. The number of carbonyl (C=O) groups is 2. The predicted octanol–water partition coefficient (Wildman–Crippen LogP) is 1.96. The summed E-state index contributed by atoms with van der Waals surface area (Å²) in [6.45, 7) is 5.18. The molecule has 10 heteroatoms. The highest BCUT2D eigenvalue weighted by atomic mass is 19.4. The molecule has 0 N–H and O–H groups in total. The molecule has 0 spiro atoms. The third-order valence-electron chi connectivity index (χ3n) is 4.28. The van der Waals surface area contributed by atoms with Crippen LogP contribution in [-0.4, -0.2) is 57.7 Å². The van der Waals surface area contributed by atoms with Gasteiger partial charge in [-0.1, -0.05) is 6.58 Å². The van der Waals surface area contributed by atoms with Crippen LogP contribution in [0, 0.1) is 0 Å². The molecule has 0 unspecified atom stereocenters. The van der Waals surface area contributed by atoms with Gasteiger partial charge in [0, 0.05) is 50.3 Å². The van der Waals surface area contributed by atoms with E-state index in [0.29, 0.717) is 32.0 Å². The highest BCUT2D eigenvalue weighted by Crippen LogP contribution is 2.28. The van der Waals surface area contributed by atoms with E-state index in [1.165, 1.54) is 18.5 Å². The van der Waals surface area contributed by atoms with Crippen LogP contribution in [0.5, 0.6) is 0 Å². The lowest BCUT2D eigenvalue weighted by Crippen LogP contribution is -2.49. The maximum absolute atomic E-state index is 12.8. The van der Waals surface area contributed by atoms with Crippen molar-refractivity contribution < 1.29 is 22.8 Å². The summed E-state index contributed by atoms with van der Waals surface area (Å²) in [5.74, 6) is -0.432. The Hall–Kier alpha value is -3.30. The van der Waals surface area contributed by atoms with Crippen LogP contribution in [0.4, 0.5) is 19.0 Å². The number of halogens is 3. The summed E-state index contributed by atoms with van der Waals surface area (Å²) in [6, 6.07) is 1.82. The topological polar surface area (TPSA) is 79.3 Å². The molecule has 7 nitrogen and oxygen atoms in total. The number of piperazine rings is 1. The molecule has 1 saturated heterocycles. The fourth-order valence-electron chi connectivity index (χ4n) is 2.82. The molecule has 0 radical (unpaired) electrons. The minimum Gasteiger partial charge on any atom is -0.351 e. The van der Waals surface area contributed by atoms with Crippen LogP contribution >= 0.6 is 0 Å². The second kappa shape index (κ2) is 7.75. The Morgan fingerprint density at radius 3 is 2.29 bits per heavy atom. The van der Waals surface area contributed by atoms with Gasteiger partial charge in [0.25, 0.3) is 0 Å². The summed E-state index contributed by atoms with van der Waals surface area (Å²) < 4.78 is 38.0. The van der Waals surface area contributed by atoms with Crippen LogP contribution < -0.4 is 4.90 Å². The number of hydrogen-bond donors (Lipinski definition) is 0. The lowest BCUT2D eigenvalue weighted by Gasteiger charge is -2.35. The van der Waals surface area contributed by atoms with Gasteiger partial charge in [0.1, 0.15) is 5.69 Å². The van der Waals surface area contributed by atoms with Crippen molar-refractivity contribution in [3.8, 4) is 0 Å². The smallest absolute Gasteiger partial charge is 0.351 e. The minimum atomic E-state index is -4.58. The van der Waals surface area contributed by atoms with E-state index in [0.717, 1.165) is 18.3 Å². The molecule has 2 aromatic rings. The largest absolute Gasteiger partial charge is 0.433 e. The van der Waals surface area contributed by atoms with E-state index >= 15 is 0 Å². The second-order valence-electron chi connectivity index (χ2n) is 6.00. The zero-order valence-corrected chi connectivity index (χ0v) is 14.7. The Morgan fingerprint density at radius 2 is 1.71 bits per heavy atom. The summed E-state index contributed by atoms with van der Waals surface area (Å²) in [6.07, 6.45) is 0.306. The Labute approximate surface area is 158 Å². The summed E-state index contributed by atoms with van der Waals surface area (Å²) in [5.41, 5.74) is -1.07. The zero-order valence-electron chi connectivity index (χ0n) is 14.7. The van der Waals surface area contributed by atoms with Crippen molar-refractivity contribution in [1.29, 1.82) is 0 Å². The lowest BCUT2D eigenvalue weighted by molar-refractivity contribution is -0.141. The first kappa shape index (κ1) is 19.5. The molecule has 3 heterocycles. The normalized spacial score (nSPS) is 14.7. The van der Waals surface area contributed by atoms with E-state index < -0.39 is 17.7 Å². The molecule has 146 valence electrons. The molecule has 0 saturated carbocycles. The first-order chi connectivity index (χ1) is 13.3. The average Bonchev–Trinajstić information content (AvgIpc) is 2.72. The van der Waals surface area contributed by atoms with Gasteiger partial charge in [-0.15, -0.1) is 0 Å². The summed E-state index contributed by atoms with van der Waals surface area (Å²) >= 11 is 0. The van der Waals surface area contributed by atoms with Crippen LogP contribution in [0.15, 0.2) is 43.4 Å². The first-order valence-electron chi connectivity index (χ1n) is 8.36. The Morgan fingerprint density at radius 1 is 1.04 bits per heavy atom. The standard InChI is InChI=1S/C18H16F3N5O2/c1-2-14(27)25-7-9-26(10-8-25)17-15(22-5-6-23-17)16(28)12-3-4-13(24-11-12)18(19,20)21/h2-6,11H,1,7-10H2. The van der Waals surface area contributed by atoms with Gasteiger partial charge in [-0.25, -0.2) is 9.97 Å². The molecule has 0 atom stereocenters. The molecule has 28 heavy (non-hydrogen) atoms. The number of nitrogens with zero attached hydrogens (tertiary/aromatic N) is 5. The van der Waals surface area contributed by atoms with Gasteiger partial charge in [-0.3, -0.25) is 14.6 Å². The number of alkyl halides is 3. The Balaban J connectivity index is 1.82. The van der Waals surface area contributed by atoms with Crippen LogP contribution in [0.1, 0.15) is 21.7 Å².